The van der Waals surface area contributed by atoms with Gasteiger partial charge < -0.3 is 20.4 Å². The van der Waals surface area contributed by atoms with E-state index < -0.39 is 0 Å². The standard InChI is InChI=1S/C7H16O2.C5H12O2/c1-3-6(5-8)7(9)4-2;6-4-2-1-3-5-7/h6-9H,3-5H2,1-2H3;6-7H,1-5H2. The topological polar surface area (TPSA) is 80.9 Å². The molecule has 100 valence electrons. The van der Waals surface area contributed by atoms with Gasteiger partial charge in [-0.15, -0.1) is 0 Å². The number of rotatable bonds is 8. The molecule has 0 bridgehead atoms. The average molecular weight is 236 g/mol. The Morgan fingerprint density at radius 1 is 0.812 bits per heavy atom. The number of unbranched alkanes of at least 4 members (excludes halogenated alkanes) is 2. The van der Waals surface area contributed by atoms with Gasteiger partial charge in [-0.05, 0) is 32.1 Å². The van der Waals surface area contributed by atoms with Crippen LogP contribution in [0.2, 0.25) is 0 Å². The van der Waals surface area contributed by atoms with Crippen LogP contribution in [0, 0.1) is 5.92 Å². The molecule has 0 aliphatic rings. The molecule has 0 rings (SSSR count). The van der Waals surface area contributed by atoms with Crippen LogP contribution in [0.5, 0.6) is 0 Å². The first-order chi connectivity index (χ1) is 7.67. The first-order valence-corrected chi connectivity index (χ1v) is 6.18. The molecule has 0 aromatic heterocycles. The van der Waals surface area contributed by atoms with Crippen LogP contribution in [0.3, 0.4) is 0 Å². The molecule has 4 heteroatoms. The predicted molar refractivity (Wildman–Crippen MR) is 65.2 cm³/mol. The molecule has 0 saturated heterocycles. The SMILES string of the molecule is CCC(O)C(CC)CO.OCCCCCO. The molecular weight excluding hydrogens is 208 g/mol. The fourth-order valence-corrected chi connectivity index (χ4v) is 1.26. The van der Waals surface area contributed by atoms with Crippen molar-refractivity contribution in [2.24, 2.45) is 5.92 Å². The normalized spacial score (nSPS) is 13.9. The van der Waals surface area contributed by atoms with E-state index in [1.54, 1.807) is 0 Å². The largest absolute Gasteiger partial charge is 0.396 e. The van der Waals surface area contributed by atoms with E-state index in [0.717, 1.165) is 32.1 Å². The average Bonchev–Trinajstić information content (AvgIpc) is 2.32. The van der Waals surface area contributed by atoms with E-state index in [9.17, 15) is 0 Å². The smallest absolute Gasteiger partial charge is 0.0587 e. The maximum atomic E-state index is 9.16. The molecule has 0 saturated carbocycles. The Labute approximate surface area is 98.9 Å². The van der Waals surface area contributed by atoms with Crippen LogP contribution in [0.25, 0.3) is 0 Å². The Morgan fingerprint density at radius 2 is 1.31 bits per heavy atom. The highest BCUT2D eigenvalue weighted by Crippen LogP contribution is 2.09. The lowest BCUT2D eigenvalue weighted by atomic mass is 9.99. The number of aliphatic hydroxyl groups excluding tert-OH is 4. The lowest BCUT2D eigenvalue weighted by Gasteiger charge is -2.16. The Bertz CT molecular complexity index is 112. The Morgan fingerprint density at radius 3 is 1.50 bits per heavy atom. The molecule has 4 nitrogen and oxygen atoms in total. The molecule has 2 unspecified atom stereocenters. The summed E-state index contributed by atoms with van der Waals surface area (Å²) in [6, 6.07) is 0. The first kappa shape index (κ1) is 18.2. The summed E-state index contributed by atoms with van der Waals surface area (Å²) >= 11 is 0. The second kappa shape index (κ2) is 14.8. The minimum absolute atomic E-state index is 0.0787. The van der Waals surface area contributed by atoms with Crippen molar-refractivity contribution < 1.29 is 20.4 Å². The Balaban J connectivity index is 0. The first-order valence-electron chi connectivity index (χ1n) is 6.18. The van der Waals surface area contributed by atoms with E-state index in [-0.39, 0.29) is 31.8 Å². The van der Waals surface area contributed by atoms with E-state index in [1.807, 2.05) is 13.8 Å². The highest BCUT2D eigenvalue weighted by molar-refractivity contribution is 4.63. The van der Waals surface area contributed by atoms with Crippen molar-refractivity contribution in [1.82, 2.24) is 0 Å². The highest BCUT2D eigenvalue weighted by Gasteiger charge is 2.12. The number of hydrogen-bond acceptors (Lipinski definition) is 4. The molecule has 0 heterocycles. The van der Waals surface area contributed by atoms with Crippen molar-refractivity contribution in [3.63, 3.8) is 0 Å². The van der Waals surface area contributed by atoms with Gasteiger partial charge in [-0.25, -0.2) is 0 Å². The van der Waals surface area contributed by atoms with Crippen LogP contribution < -0.4 is 0 Å². The summed E-state index contributed by atoms with van der Waals surface area (Å²) in [5, 5.41) is 34.2. The van der Waals surface area contributed by atoms with E-state index in [2.05, 4.69) is 0 Å². The molecule has 0 radical (unpaired) electrons. The molecule has 0 aliphatic carbocycles. The maximum absolute atomic E-state index is 9.16. The van der Waals surface area contributed by atoms with Crippen molar-refractivity contribution in [3.8, 4) is 0 Å². The van der Waals surface area contributed by atoms with Gasteiger partial charge >= 0.3 is 0 Å². The van der Waals surface area contributed by atoms with Crippen LogP contribution >= 0.6 is 0 Å². The summed E-state index contributed by atoms with van der Waals surface area (Å²) in [6.07, 6.45) is 3.85. The summed E-state index contributed by atoms with van der Waals surface area (Å²) in [5.74, 6) is 0.0787. The molecule has 0 spiro atoms. The van der Waals surface area contributed by atoms with Crippen LogP contribution in [0.1, 0.15) is 46.0 Å². The summed E-state index contributed by atoms with van der Waals surface area (Å²) in [5.41, 5.74) is 0. The van der Waals surface area contributed by atoms with Crippen molar-refractivity contribution >= 4 is 0 Å². The zero-order valence-electron chi connectivity index (χ0n) is 10.6. The summed E-state index contributed by atoms with van der Waals surface area (Å²) in [7, 11) is 0. The van der Waals surface area contributed by atoms with Crippen molar-refractivity contribution in [2.75, 3.05) is 19.8 Å². The predicted octanol–water partition coefficient (Wildman–Crippen LogP) is 0.917. The van der Waals surface area contributed by atoms with Gasteiger partial charge in [0.25, 0.3) is 0 Å². The zero-order chi connectivity index (χ0) is 12.8. The number of aliphatic hydroxyl groups is 4. The van der Waals surface area contributed by atoms with Crippen molar-refractivity contribution in [2.45, 2.75) is 52.1 Å². The van der Waals surface area contributed by atoms with Gasteiger partial charge in [0.05, 0.1) is 6.10 Å². The lowest BCUT2D eigenvalue weighted by Crippen LogP contribution is -2.21. The van der Waals surface area contributed by atoms with E-state index in [0.29, 0.717) is 0 Å². The fraction of sp³-hybridized carbons (Fsp3) is 1.00. The molecule has 2 atom stereocenters. The van der Waals surface area contributed by atoms with Crippen LogP contribution in [-0.4, -0.2) is 46.4 Å². The van der Waals surface area contributed by atoms with Gasteiger partial charge in [0.1, 0.15) is 0 Å². The van der Waals surface area contributed by atoms with Crippen LogP contribution in [0.15, 0.2) is 0 Å². The molecule has 4 N–H and O–H groups in total. The highest BCUT2D eigenvalue weighted by atomic mass is 16.3. The molecule has 0 amide bonds. The third kappa shape index (κ3) is 11.9. The van der Waals surface area contributed by atoms with Gasteiger partial charge in [0.2, 0.25) is 0 Å². The summed E-state index contributed by atoms with van der Waals surface area (Å²) in [4.78, 5) is 0. The maximum Gasteiger partial charge on any atom is 0.0587 e. The van der Waals surface area contributed by atoms with Gasteiger partial charge in [-0.1, -0.05) is 13.8 Å². The van der Waals surface area contributed by atoms with Gasteiger partial charge in [-0.2, -0.15) is 0 Å². The van der Waals surface area contributed by atoms with Crippen LogP contribution in [-0.2, 0) is 0 Å². The molecular formula is C12H28O4. The molecule has 0 aromatic carbocycles. The summed E-state index contributed by atoms with van der Waals surface area (Å²) < 4.78 is 0. The quantitative estimate of drug-likeness (QED) is 0.472. The summed E-state index contributed by atoms with van der Waals surface area (Å²) in [6.45, 7) is 4.49. The Hall–Kier alpha value is -0.160. The minimum atomic E-state index is -0.319. The van der Waals surface area contributed by atoms with Gasteiger partial charge in [-0.3, -0.25) is 0 Å². The zero-order valence-corrected chi connectivity index (χ0v) is 10.6. The third-order valence-corrected chi connectivity index (χ3v) is 2.54. The second-order valence-electron chi connectivity index (χ2n) is 3.83. The van der Waals surface area contributed by atoms with E-state index in [1.165, 1.54) is 0 Å². The fourth-order valence-electron chi connectivity index (χ4n) is 1.26. The number of hydrogen-bond donors (Lipinski definition) is 4. The monoisotopic (exact) mass is 236 g/mol. The second-order valence-corrected chi connectivity index (χ2v) is 3.83. The van der Waals surface area contributed by atoms with Crippen molar-refractivity contribution in [3.05, 3.63) is 0 Å². The molecule has 0 aromatic rings. The molecule has 0 fully saturated rings. The Kier molecular flexibility index (Phi) is 16.9. The lowest BCUT2D eigenvalue weighted by molar-refractivity contribution is 0.0625. The molecule has 16 heavy (non-hydrogen) atoms. The van der Waals surface area contributed by atoms with E-state index >= 15 is 0 Å². The van der Waals surface area contributed by atoms with Gasteiger partial charge in [0, 0.05) is 25.7 Å². The third-order valence-electron chi connectivity index (χ3n) is 2.54. The molecule has 0 aliphatic heterocycles. The van der Waals surface area contributed by atoms with Crippen LogP contribution in [0.4, 0.5) is 0 Å². The van der Waals surface area contributed by atoms with Gasteiger partial charge in [0.15, 0.2) is 0 Å². The minimum Gasteiger partial charge on any atom is -0.396 e. The van der Waals surface area contributed by atoms with Crippen molar-refractivity contribution in [1.29, 1.82) is 0 Å². The van der Waals surface area contributed by atoms with E-state index in [4.69, 9.17) is 20.4 Å².